The van der Waals surface area contributed by atoms with Crippen molar-refractivity contribution in [3.63, 3.8) is 0 Å². The Bertz CT molecular complexity index is 443. The van der Waals surface area contributed by atoms with Gasteiger partial charge in [-0.25, -0.2) is 0 Å². The van der Waals surface area contributed by atoms with Crippen molar-refractivity contribution in [3.05, 3.63) is 35.4 Å². The van der Waals surface area contributed by atoms with Crippen molar-refractivity contribution >= 4 is 0 Å². The van der Waals surface area contributed by atoms with Crippen LogP contribution in [-0.4, -0.2) is 17.8 Å². The monoisotopic (exact) mass is 260 g/mol. The first-order valence-corrected chi connectivity index (χ1v) is 6.75. The van der Waals surface area contributed by atoms with E-state index in [0.29, 0.717) is 5.56 Å². The highest BCUT2D eigenvalue weighted by molar-refractivity contribution is 5.34. The molecule has 0 bridgehead atoms. The summed E-state index contributed by atoms with van der Waals surface area (Å²) in [4.78, 5) is 0. The zero-order chi connectivity index (χ0) is 14.5. The molecule has 0 spiro atoms. The fourth-order valence-electron chi connectivity index (χ4n) is 2.17. The Hall–Kier alpha value is -1.37. The number of hydrogen-bond donors (Lipinski definition) is 2. The second-order valence-corrected chi connectivity index (χ2v) is 6.06. The standard InChI is InChI=1S/C16H24N2O/c1-12(14-7-5-6-13(10-14)11-17)18-15(8-9-19)16(2,3)4/h5-7,10,12,15,18-19H,8-9H2,1-4H3. The molecule has 104 valence electrons. The quantitative estimate of drug-likeness (QED) is 0.855. The molecule has 0 heterocycles. The Morgan fingerprint density at radius 3 is 2.58 bits per heavy atom. The molecule has 19 heavy (non-hydrogen) atoms. The molecular weight excluding hydrogens is 236 g/mol. The number of nitrogens with one attached hydrogen (secondary N) is 1. The van der Waals surface area contributed by atoms with Crippen molar-refractivity contribution in [2.45, 2.75) is 46.2 Å². The smallest absolute Gasteiger partial charge is 0.0991 e. The van der Waals surface area contributed by atoms with Crippen molar-refractivity contribution in [2.75, 3.05) is 6.61 Å². The zero-order valence-corrected chi connectivity index (χ0v) is 12.3. The minimum atomic E-state index is 0.0871. The number of hydrogen-bond acceptors (Lipinski definition) is 3. The minimum absolute atomic E-state index is 0.0871. The molecule has 1 aromatic carbocycles. The van der Waals surface area contributed by atoms with Gasteiger partial charge in [-0.2, -0.15) is 5.26 Å². The summed E-state index contributed by atoms with van der Waals surface area (Å²) in [6.45, 7) is 8.77. The molecule has 0 fully saturated rings. The van der Waals surface area contributed by atoms with Crippen LogP contribution in [0.2, 0.25) is 0 Å². The Morgan fingerprint density at radius 1 is 1.37 bits per heavy atom. The van der Waals surface area contributed by atoms with E-state index in [1.807, 2.05) is 24.3 Å². The van der Waals surface area contributed by atoms with Gasteiger partial charge in [0.2, 0.25) is 0 Å². The van der Waals surface area contributed by atoms with E-state index in [9.17, 15) is 5.11 Å². The summed E-state index contributed by atoms with van der Waals surface area (Å²) in [6.07, 6.45) is 0.728. The number of aliphatic hydroxyl groups excluding tert-OH is 1. The Balaban J connectivity index is 2.81. The molecule has 0 saturated carbocycles. The fourth-order valence-corrected chi connectivity index (χ4v) is 2.17. The first-order chi connectivity index (χ1) is 8.88. The van der Waals surface area contributed by atoms with Crippen LogP contribution in [0.15, 0.2) is 24.3 Å². The normalized spacial score (nSPS) is 14.7. The van der Waals surface area contributed by atoms with E-state index < -0.39 is 0 Å². The molecular formula is C16H24N2O. The predicted molar refractivity (Wildman–Crippen MR) is 77.7 cm³/mol. The maximum atomic E-state index is 9.18. The van der Waals surface area contributed by atoms with Crippen molar-refractivity contribution in [1.29, 1.82) is 5.26 Å². The van der Waals surface area contributed by atoms with Crippen LogP contribution < -0.4 is 5.32 Å². The van der Waals surface area contributed by atoms with Gasteiger partial charge in [0.15, 0.2) is 0 Å². The second-order valence-electron chi connectivity index (χ2n) is 6.06. The topological polar surface area (TPSA) is 56.0 Å². The van der Waals surface area contributed by atoms with Crippen molar-refractivity contribution in [2.24, 2.45) is 5.41 Å². The zero-order valence-electron chi connectivity index (χ0n) is 12.3. The van der Waals surface area contributed by atoms with E-state index >= 15 is 0 Å². The van der Waals surface area contributed by atoms with Crippen molar-refractivity contribution < 1.29 is 5.11 Å². The molecule has 3 heteroatoms. The molecule has 0 aliphatic carbocycles. The van der Waals surface area contributed by atoms with Gasteiger partial charge >= 0.3 is 0 Å². The number of nitrogens with zero attached hydrogens (tertiary/aromatic N) is 1. The average Bonchev–Trinajstić information content (AvgIpc) is 2.37. The van der Waals surface area contributed by atoms with Gasteiger partial charge in [0, 0.05) is 18.7 Å². The summed E-state index contributed by atoms with van der Waals surface area (Å²) in [6, 6.07) is 10.2. The molecule has 0 amide bonds. The molecule has 0 saturated heterocycles. The molecule has 0 aromatic heterocycles. The number of benzene rings is 1. The summed E-state index contributed by atoms with van der Waals surface area (Å²) >= 11 is 0. The molecule has 0 aliphatic rings. The van der Waals surface area contributed by atoms with Crippen LogP contribution in [0.1, 0.15) is 51.3 Å². The number of nitriles is 1. The number of aliphatic hydroxyl groups is 1. The van der Waals surface area contributed by atoms with Gasteiger partial charge in [-0.15, -0.1) is 0 Å². The highest BCUT2D eigenvalue weighted by Gasteiger charge is 2.25. The molecule has 3 nitrogen and oxygen atoms in total. The largest absolute Gasteiger partial charge is 0.396 e. The lowest BCUT2D eigenvalue weighted by Gasteiger charge is -2.34. The van der Waals surface area contributed by atoms with Crippen LogP contribution in [-0.2, 0) is 0 Å². The molecule has 1 rings (SSSR count). The molecule has 0 aliphatic heterocycles. The summed E-state index contributed by atoms with van der Waals surface area (Å²) in [7, 11) is 0. The van der Waals surface area contributed by atoms with Crippen molar-refractivity contribution in [3.8, 4) is 6.07 Å². The van der Waals surface area contributed by atoms with Crippen LogP contribution in [0.5, 0.6) is 0 Å². The Labute approximate surface area is 116 Å². The maximum absolute atomic E-state index is 9.18. The molecule has 2 atom stereocenters. The van der Waals surface area contributed by atoms with Crippen LogP contribution in [0, 0.1) is 16.7 Å². The van der Waals surface area contributed by atoms with Crippen LogP contribution >= 0.6 is 0 Å². The van der Waals surface area contributed by atoms with Gasteiger partial charge in [-0.05, 0) is 36.5 Å². The third kappa shape index (κ3) is 4.66. The second kappa shape index (κ2) is 6.70. The molecule has 0 radical (unpaired) electrons. The van der Waals surface area contributed by atoms with Crippen LogP contribution in [0.3, 0.4) is 0 Å². The Morgan fingerprint density at radius 2 is 2.05 bits per heavy atom. The highest BCUT2D eigenvalue weighted by Crippen LogP contribution is 2.25. The third-order valence-corrected chi connectivity index (χ3v) is 3.43. The first kappa shape index (κ1) is 15.7. The van der Waals surface area contributed by atoms with E-state index in [4.69, 9.17) is 5.26 Å². The summed E-state index contributed by atoms with van der Waals surface area (Å²) in [5, 5.41) is 21.7. The minimum Gasteiger partial charge on any atom is -0.396 e. The van der Waals surface area contributed by atoms with Gasteiger partial charge in [-0.1, -0.05) is 32.9 Å². The van der Waals surface area contributed by atoms with E-state index in [0.717, 1.165) is 12.0 Å². The average molecular weight is 260 g/mol. The van der Waals surface area contributed by atoms with Crippen LogP contribution in [0.4, 0.5) is 0 Å². The summed E-state index contributed by atoms with van der Waals surface area (Å²) < 4.78 is 0. The van der Waals surface area contributed by atoms with Gasteiger partial charge < -0.3 is 10.4 Å². The van der Waals surface area contributed by atoms with Gasteiger partial charge in [0.1, 0.15) is 0 Å². The van der Waals surface area contributed by atoms with Gasteiger partial charge in [-0.3, -0.25) is 0 Å². The van der Waals surface area contributed by atoms with E-state index in [-0.39, 0.29) is 24.1 Å². The lowest BCUT2D eigenvalue weighted by Crippen LogP contribution is -2.42. The highest BCUT2D eigenvalue weighted by atomic mass is 16.3. The van der Waals surface area contributed by atoms with Crippen molar-refractivity contribution in [1.82, 2.24) is 5.32 Å². The lowest BCUT2D eigenvalue weighted by atomic mass is 9.84. The first-order valence-electron chi connectivity index (χ1n) is 6.75. The maximum Gasteiger partial charge on any atom is 0.0991 e. The van der Waals surface area contributed by atoms with E-state index in [1.165, 1.54) is 0 Å². The summed E-state index contributed by atoms with van der Waals surface area (Å²) in [5.74, 6) is 0. The molecule has 2 N–H and O–H groups in total. The SMILES string of the molecule is CC(NC(CCO)C(C)(C)C)c1cccc(C#N)c1. The molecule has 1 aromatic rings. The van der Waals surface area contributed by atoms with Crippen LogP contribution in [0.25, 0.3) is 0 Å². The van der Waals surface area contributed by atoms with Gasteiger partial charge in [0.05, 0.1) is 11.6 Å². The Kier molecular flexibility index (Phi) is 5.53. The van der Waals surface area contributed by atoms with Gasteiger partial charge in [0.25, 0.3) is 0 Å². The summed E-state index contributed by atoms with van der Waals surface area (Å²) in [5.41, 5.74) is 1.87. The predicted octanol–water partition coefficient (Wildman–Crippen LogP) is 3.01. The van der Waals surface area contributed by atoms with E-state index in [1.54, 1.807) is 0 Å². The lowest BCUT2D eigenvalue weighted by molar-refractivity contribution is 0.188. The van der Waals surface area contributed by atoms with E-state index in [2.05, 4.69) is 39.1 Å². The fraction of sp³-hybridized carbons (Fsp3) is 0.562. The molecule has 2 unspecified atom stereocenters. The third-order valence-electron chi connectivity index (χ3n) is 3.43. The number of rotatable bonds is 5.